The zero-order valence-corrected chi connectivity index (χ0v) is 14.7. The van der Waals surface area contributed by atoms with Gasteiger partial charge < -0.3 is 9.15 Å². The molecule has 6 nitrogen and oxygen atoms in total. The normalized spacial score (nSPS) is 11.9. The Morgan fingerprint density at radius 3 is 2.10 bits per heavy atom. The molecule has 0 bridgehead atoms. The monoisotopic (exact) mass is 431 g/mol. The number of hydrogen-bond acceptors (Lipinski definition) is 5. The van der Waals surface area contributed by atoms with Crippen LogP contribution in [-0.4, -0.2) is 22.7 Å². The maximum atomic E-state index is 12.8. The van der Waals surface area contributed by atoms with Gasteiger partial charge in [0.15, 0.2) is 6.61 Å². The van der Waals surface area contributed by atoms with Gasteiger partial charge in [0, 0.05) is 5.56 Å². The standard InChI is InChI=1S/C18H11F6N3O3/c19-17(20,21)11-6-12(18(22,23)24)8-13(7-11)29-9-14(28)25-16-27-26-15(30-16)10-4-2-1-3-5-10/h1-8H,9H2,(H,25,27,28). The molecule has 1 amide bonds. The highest BCUT2D eigenvalue weighted by Gasteiger charge is 2.37. The van der Waals surface area contributed by atoms with Gasteiger partial charge in [-0.15, -0.1) is 5.10 Å². The molecule has 30 heavy (non-hydrogen) atoms. The first-order valence-electron chi connectivity index (χ1n) is 8.13. The average Bonchev–Trinajstić information content (AvgIpc) is 3.14. The van der Waals surface area contributed by atoms with Gasteiger partial charge >= 0.3 is 18.4 Å². The van der Waals surface area contributed by atoms with Gasteiger partial charge in [-0.3, -0.25) is 10.1 Å². The van der Waals surface area contributed by atoms with E-state index >= 15 is 0 Å². The van der Waals surface area contributed by atoms with Crippen molar-refractivity contribution in [2.24, 2.45) is 0 Å². The van der Waals surface area contributed by atoms with Crippen molar-refractivity contribution >= 4 is 11.9 Å². The van der Waals surface area contributed by atoms with Crippen molar-refractivity contribution in [2.45, 2.75) is 12.4 Å². The quantitative estimate of drug-likeness (QED) is 0.588. The molecule has 0 unspecified atom stereocenters. The first-order valence-corrected chi connectivity index (χ1v) is 8.13. The van der Waals surface area contributed by atoms with Gasteiger partial charge in [-0.2, -0.15) is 26.3 Å². The zero-order valence-electron chi connectivity index (χ0n) is 14.7. The maximum absolute atomic E-state index is 12.8. The molecule has 0 saturated heterocycles. The number of benzene rings is 2. The summed E-state index contributed by atoms with van der Waals surface area (Å²) < 4.78 is 87.0. The molecule has 3 aromatic rings. The Hall–Kier alpha value is -3.57. The number of aromatic nitrogens is 2. The number of carbonyl (C=O) groups is 1. The lowest BCUT2D eigenvalue weighted by Gasteiger charge is -2.14. The summed E-state index contributed by atoms with van der Waals surface area (Å²) >= 11 is 0. The van der Waals surface area contributed by atoms with Crippen LogP contribution < -0.4 is 10.1 Å². The summed E-state index contributed by atoms with van der Waals surface area (Å²) in [5.41, 5.74) is -2.54. The van der Waals surface area contributed by atoms with Crippen LogP contribution in [0.1, 0.15) is 11.1 Å². The molecule has 0 fully saturated rings. The Morgan fingerprint density at radius 1 is 0.933 bits per heavy atom. The van der Waals surface area contributed by atoms with Crippen LogP contribution in [0.2, 0.25) is 0 Å². The van der Waals surface area contributed by atoms with E-state index < -0.39 is 41.7 Å². The SMILES string of the molecule is O=C(COc1cc(C(F)(F)F)cc(C(F)(F)F)c1)Nc1nnc(-c2ccccc2)o1. The van der Waals surface area contributed by atoms with Gasteiger partial charge in [0.05, 0.1) is 11.1 Å². The number of halogens is 6. The Labute approximate surface area is 164 Å². The fourth-order valence-corrected chi connectivity index (χ4v) is 2.29. The molecule has 0 aliphatic carbocycles. The third-order valence-corrected chi connectivity index (χ3v) is 3.62. The average molecular weight is 431 g/mol. The van der Waals surface area contributed by atoms with Crippen molar-refractivity contribution in [3.05, 3.63) is 59.7 Å². The number of alkyl halides is 6. The molecule has 0 radical (unpaired) electrons. The van der Waals surface area contributed by atoms with E-state index in [-0.39, 0.29) is 18.0 Å². The van der Waals surface area contributed by atoms with E-state index in [2.05, 4.69) is 15.5 Å². The fourth-order valence-electron chi connectivity index (χ4n) is 2.29. The van der Waals surface area contributed by atoms with Gasteiger partial charge in [-0.05, 0) is 30.3 Å². The van der Waals surface area contributed by atoms with Gasteiger partial charge in [0.25, 0.3) is 5.91 Å². The van der Waals surface area contributed by atoms with Crippen LogP contribution in [-0.2, 0) is 17.1 Å². The minimum atomic E-state index is -5.03. The van der Waals surface area contributed by atoms with Crippen molar-refractivity contribution in [3.63, 3.8) is 0 Å². The second-order valence-corrected chi connectivity index (χ2v) is 5.86. The molecule has 12 heteroatoms. The summed E-state index contributed by atoms with van der Waals surface area (Å²) in [7, 11) is 0. The highest BCUT2D eigenvalue weighted by molar-refractivity contribution is 5.89. The van der Waals surface area contributed by atoms with Gasteiger partial charge in [0.1, 0.15) is 5.75 Å². The summed E-state index contributed by atoms with van der Waals surface area (Å²) in [6.45, 7) is -0.887. The van der Waals surface area contributed by atoms with Gasteiger partial charge in [0.2, 0.25) is 5.89 Å². The summed E-state index contributed by atoms with van der Waals surface area (Å²) in [5, 5.41) is 9.43. The molecular formula is C18H11F6N3O3. The lowest BCUT2D eigenvalue weighted by Crippen LogP contribution is -2.21. The smallest absolute Gasteiger partial charge is 0.416 e. The van der Waals surface area contributed by atoms with Crippen LogP contribution in [0, 0.1) is 0 Å². The molecular weight excluding hydrogens is 420 g/mol. The molecule has 0 saturated carbocycles. The molecule has 1 aromatic heterocycles. The summed E-state index contributed by atoms with van der Waals surface area (Å²) in [6, 6.07) is 8.91. The predicted molar refractivity (Wildman–Crippen MR) is 90.3 cm³/mol. The molecule has 0 spiro atoms. The Morgan fingerprint density at radius 2 is 1.53 bits per heavy atom. The number of amides is 1. The molecule has 158 valence electrons. The van der Waals surface area contributed by atoms with E-state index in [1.165, 1.54) is 0 Å². The topological polar surface area (TPSA) is 77.2 Å². The predicted octanol–water partition coefficient (Wildman–Crippen LogP) is 4.79. The van der Waals surface area contributed by atoms with E-state index in [4.69, 9.17) is 9.15 Å². The second-order valence-electron chi connectivity index (χ2n) is 5.86. The number of carbonyl (C=O) groups excluding carboxylic acids is 1. The highest BCUT2D eigenvalue weighted by atomic mass is 19.4. The third kappa shape index (κ3) is 5.27. The lowest BCUT2D eigenvalue weighted by molar-refractivity contribution is -0.143. The van der Waals surface area contributed by atoms with Crippen molar-refractivity contribution in [2.75, 3.05) is 11.9 Å². The number of nitrogens with one attached hydrogen (secondary N) is 1. The van der Waals surface area contributed by atoms with Crippen LogP contribution in [0.25, 0.3) is 11.5 Å². The molecule has 0 aliphatic rings. The largest absolute Gasteiger partial charge is 0.484 e. The number of hydrogen-bond donors (Lipinski definition) is 1. The fraction of sp³-hybridized carbons (Fsp3) is 0.167. The van der Waals surface area contributed by atoms with Crippen LogP contribution in [0.3, 0.4) is 0 Å². The third-order valence-electron chi connectivity index (χ3n) is 3.62. The first-order chi connectivity index (χ1) is 14.0. The van der Waals surface area contributed by atoms with Crippen molar-refractivity contribution in [1.82, 2.24) is 10.2 Å². The summed E-state index contributed by atoms with van der Waals surface area (Å²) in [6.07, 6.45) is -10.1. The Kier molecular flexibility index (Phi) is 5.67. The number of ether oxygens (including phenoxy) is 1. The van der Waals surface area contributed by atoms with Crippen LogP contribution >= 0.6 is 0 Å². The zero-order chi connectivity index (χ0) is 21.9. The van der Waals surface area contributed by atoms with Crippen molar-refractivity contribution in [1.29, 1.82) is 0 Å². The van der Waals surface area contributed by atoms with E-state index in [0.29, 0.717) is 17.7 Å². The van der Waals surface area contributed by atoms with E-state index in [1.807, 2.05) is 0 Å². The molecule has 0 aliphatic heterocycles. The van der Waals surface area contributed by atoms with Crippen LogP contribution in [0.15, 0.2) is 52.9 Å². The Balaban J connectivity index is 1.68. The summed E-state index contributed by atoms with van der Waals surface area (Å²) in [4.78, 5) is 11.9. The maximum Gasteiger partial charge on any atom is 0.416 e. The van der Waals surface area contributed by atoms with E-state index in [0.717, 1.165) is 0 Å². The van der Waals surface area contributed by atoms with Gasteiger partial charge in [-0.1, -0.05) is 23.3 Å². The van der Waals surface area contributed by atoms with Gasteiger partial charge in [-0.25, -0.2) is 0 Å². The van der Waals surface area contributed by atoms with E-state index in [1.54, 1.807) is 30.3 Å². The minimum Gasteiger partial charge on any atom is -0.484 e. The molecule has 0 atom stereocenters. The van der Waals surface area contributed by atoms with Crippen LogP contribution in [0.5, 0.6) is 5.75 Å². The molecule has 1 N–H and O–H groups in total. The summed E-state index contributed by atoms with van der Waals surface area (Å²) in [5.74, 6) is -1.61. The molecule has 3 rings (SSSR count). The Bertz CT molecular complexity index is 999. The minimum absolute atomic E-state index is 0.0452. The van der Waals surface area contributed by atoms with Crippen LogP contribution in [0.4, 0.5) is 32.4 Å². The lowest BCUT2D eigenvalue weighted by atomic mass is 10.1. The number of nitrogens with zero attached hydrogens (tertiary/aromatic N) is 2. The number of rotatable bonds is 5. The highest BCUT2D eigenvalue weighted by Crippen LogP contribution is 2.38. The molecule has 1 heterocycles. The van der Waals surface area contributed by atoms with E-state index in [9.17, 15) is 31.1 Å². The first kappa shape index (κ1) is 21.1. The van der Waals surface area contributed by atoms with Crippen molar-refractivity contribution < 1.29 is 40.3 Å². The second kappa shape index (κ2) is 8.05. The number of anilines is 1. The molecule has 2 aromatic carbocycles. The van der Waals surface area contributed by atoms with Crippen molar-refractivity contribution in [3.8, 4) is 17.2 Å².